The van der Waals surface area contributed by atoms with Crippen LogP contribution in [0.25, 0.3) is 10.9 Å². The molecule has 0 fully saturated rings. The van der Waals surface area contributed by atoms with Crippen LogP contribution >= 0.6 is 0 Å². The van der Waals surface area contributed by atoms with E-state index in [1.165, 1.54) is 0 Å². The van der Waals surface area contributed by atoms with Crippen LogP contribution in [-0.4, -0.2) is 9.97 Å². The van der Waals surface area contributed by atoms with Crippen molar-refractivity contribution < 1.29 is 0 Å². The number of aromatic nitrogens is 2. The first-order chi connectivity index (χ1) is 5.90. The van der Waals surface area contributed by atoms with Gasteiger partial charge in [-0.15, -0.1) is 0 Å². The predicted octanol–water partition coefficient (Wildman–Crippen LogP) is 1.09. The molecule has 0 aliphatic carbocycles. The predicted molar refractivity (Wildman–Crippen MR) is 47.4 cm³/mol. The standard InChI is InChI=1S/C9H9N3/c10-4-7-3-8-1-2-11-6-9(8)12-5-7/h1-3,5-6H,4,10H2. The van der Waals surface area contributed by atoms with Gasteiger partial charge in [-0.05, 0) is 17.7 Å². The van der Waals surface area contributed by atoms with Gasteiger partial charge in [0, 0.05) is 24.3 Å². The maximum absolute atomic E-state index is 5.49. The first-order valence-electron chi connectivity index (χ1n) is 3.79. The average molecular weight is 159 g/mol. The summed E-state index contributed by atoms with van der Waals surface area (Å²) in [7, 11) is 0. The van der Waals surface area contributed by atoms with Gasteiger partial charge in [-0.25, -0.2) is 0 Å². The van der Waals surface area contributed by atoms with Gasteiger partial charge in [-0.3, -0.25) is 9.97 Å². The minimum Gasteiger partial charge on any atom is -0.326 e. The molecule has 2 heterocycles. The van der Waals surface area contributed by atoms with Gasteiger partial charge in [0.15, 0.2) is 0 Å². The van der Waals surface area contributed by atoms with E-state index >= 15 is 0 Å². The summed E-state index contributed by atoms with van der Waals surface area (Å²) in [5.74, 6) is 0. The molecule has 0 amide bonds. The Morgan fingerprint density at radius 1 is 1.33 bits per heavy atom. The number of rotatable bonds is 1. The van der Waals surface area contributed by atoms with Crippen molar-refractivity contribution in [2.45, 2.75) is 6.54 Å². The molecule has 0 aromatic carbocycles. The second kappa shape index (κ2) is 2.87. The van der Waals surface area contributed by atoms with Gasteiger partial charge >= 0.3 is 0 Å². The van der Waals surface area contributed by atoms with Crippen LogP contribution in [0.2, 0.25) is 0 Å². The molecule has 0 spiro atoms. The molecular weight excluding hydrogens is 150 g/mol. The molecule has 0 atom stereocenters. The van der Waals surface area contributed by atoms with Gasteiger partial charge < -0.3 is 5.73 Å². The van der Waals surface area contributed by atoms with Crippen molar-refractivity contribution in [1.29, 1.82) is 0 Å². The summed E-state index contributed by atoms with van der Waals surface area (Å²) < 4.78 is 0. The van der Waals surface area contributed by atoms with E-state index in [9.17, 15) is 0 Å². The van der Waals surface area contributed by atoms with Crippen LogP contribution in [0.5, 0.6) is 0 Å². The second-order valence-electron chi connectivity index (χ2n) is 2.62. The highest BCUT2D eigenvalue weighted by Crippen LogP contribution is 2.10. The summed E-state index contributed by atoms with van der Waals surface area (Å²) in [6.07, 6.45) is 5.28. The van der Waals surface area contributed by atoms with Crippen molar-refractivity contribution in [2.75, 3.05) is 0 Å². The van der Waals surface area contributed by atoms with Gasteiger partial charge in [0.2, 0.25) is 0 Å². The molecule has 0 bridgehead atoms. The van der Waals surface area contributed by atoms with Crippen LogP contribution in [-0.2, 0) is 6.54 Å². The lowest BCUT2D eigenvalue weighted by atomic mass is 10.2. The maximum atomic E-state index is 5.49. The molecule has 60 valence electrons. The fraction of sp³-hybridized carbons (Fsp3) is 0.111. The monoisotopic (exact) mass is 159 g/mol. The third kappa shape index (κ3) is 1.14. The number of nitrogens with zero attached hydrogens (tertiary/aromatic N) is 2. The molecule has 0 aliphatic rings. The number of pyridine rings is 2. The van der Waals surface area contributed by atoms with E-state index in [1.807, 2.05) is 12.1 Å². The summed E-state index contributed by atoms with van der Waals surface area (Å²) in [4.78, 5) is 8.18. The van der Waals surface area contributed by atoms with E-state index in [4.69, 9.17) is 5.73 Å². The van der Waals surface area contributed by atoms with E-state index < -0.39 is 0 Å². The third-order valence-electron chi connectivity index (χ3n) is 1.78. The lowest BCUT2D eigenvalue weighted by molar-refractivity contribution is 1.06. The molecule has 0 unspecified atom stereocenters. The van der Waals surface area contributed by atoms with Gasteiger partial charge in [0.1, 0.15) is 0 Å². The zero-order chi connectivity index (χ0) is 8.39. The van der Waals surface area contributed by atoms with Crippen LogP contribution < -0.4 is 5.73 Å². The van der Waals surface area contributed by atoms with Gasteiger partial charge in [-0.1, -0.05) is 0 Å². The zero-order valence-corrected chi connectivity index (χ0v) is 6.57. The summed E-state index contributed by atoms with van der Waals surface area (Å²) in [5, 5.41) is 1.09. The van der Waals surface area contributed by atoms with E-state index in [2.05, 4.69) is 9.97 Å². The lowest BCUT2D eigenvalue weighted by Crippen LogP contribution is -1.96. The maximum Gasteiger partial charge on any atom is 0.0885 e. The second-order valence-corrected chi connectivity index (χ2v) is 2.62. The van der Waals surface area contributed by atoms with Crippen molar-refractivity contribution in [3.63, 3.8) is 0 Å². The van der Waals surface area contributed by atoms with Crippen molar-refractivity contribution in [1.82, 2.24) is 9.97 Å². The summed E-state index contributed by atoms with van der Waals surface area (Å²) in [6.45, 7) is 0.533. The topological polar surface area (TPSA) is 51.8 Å². The molecule has 2 N–H and O–H groups in total. The molecule has 0 saturated heterocycles. The van der Waals surface area contributed by atoms with Gasteiger partial charge in [0.25, 0.3) is 0 Å². The molecule has 12 heavy (non-hydrogen) atoms. The number of nitrogens with two attached hydrogens (primary N) is 1. The SMILES string of the molecule is NCc1cnc2cnccc2c1. The van der Waals surface area contributed by atoms with Crippen LogP contribution in [0, 0.1) is 0 Å². The Morgan fingerprint density at radius 3 is 3.08 bits per heavy atom. The zero-order valence-electron chi connectivity index (χ0n) is 6.57. The average Bonchev–Trinajstić information content (AvgIpc) is 2.17. The molecule has 3 heteroatoms. The summed E-state index contributed by atoms with van der Waals surface area (Å²) in [5.41, 5.74) is 7.45. The molecule has 0 aliphatic heterocycles. The Morgan fingerprint density at radius 2 is 2.25 bits per heavy atom. The number of hydrogen-bond acceptors (Lipinski definition) is 3. The summed E-state index contributed by atoms with van der Waals surface area (Å²) in [6, 6.07) is 3.96. The molecule has 0 saturated carbocycles. The number of hydrogen-bond donors (Lipinski definition) is 1. The first kappa shape index (κ1) is 7.18. The normalized spacial score (nSPS) is 10.4. The highest BCUT2D eigenvalue weighted by atomic mass is 14.7. The van der Waals surface area contributed by atoms with Gasteiger partial charge in [-0.2, -0.15) is 0 Å². The van der Waals surface area contributed by atoms with E-state index in [0.717, 1.165) is 16.5 Å². The molecular formula is C9H9N3. The Kier molecular flexibility index (Phi) is 1.72. The Balaban J connectivity index is 2.67. The first-order valence-corrected chi connectivity index (χ1v) is 3.79. The molecule has 0 radical (unpaired) electrons. The van der Waals surface area contributed by atoms with Crippen molar-refractivity contribution in [3.05, 3.63) is 36.3 Å². The molecule has 2 rings (SSSR count). The highest BCUT2D eigenvalue weighted by molar-refractivity contribution is 5.77. The van der Waals surface area contributed by atoms with Gasteiger partial charge in [0.05, 0.1) is 11.7 Å². The minimum atomic E-state index is 0.533. The van der Waals surface area contributed by atoms with Crippen LogP contribution in [0.15, 0.2) is 30.7 Å². The van der Waals surface area contributed by atoms with E-state index in [-0.39, 0.29) is 0 Å². The van der Waals surface area contributed by atoms with Crippen molar-refractivity contribution in [2.24, 2.45) is 5.73 Å². The molecule has 3 nitrogen and oxygen atoms in total. The number of fused-ring (bicyclic) bond motifs is 1. The third-order valence-corrected chi connectivity index (χ3v) is 1.78. The largest absolute Gasteiger partial charge is 0.326 e. The van der Waals surface area contributed by atoms with Crippen molar-refractivity contribution >= 4 is 10.9 Å². The van der Waals surface area contributed by atoms with Crippen molar-refractivity contribution in [3.8, 4) is 0 Å². The summed E-state index contributed by atoms with van der Waals surface area (Å²) >= 11 is 0. The van der Waals surface area contributed by atoms with E-state index in [1.54, 1.807) is 18.6 Å². The van der Waals surface area contributed by atoms with Crippen LogP contribution in [0.4, 0.5) is 0 Å². The smallest absolute Gasteiger partial charge is 0.0885 e. The Bertz CT molecular complexity index is 398. The minimum absolute atomic E-state index is 0.533. The Labute approximate surface area is 70.3 Å². The Hall–Kier alpha value is -1.48. The fourth-order valence-corrected chi connectivity index (χ4v) is 1.13. The molecule has 2 aromatic heterocycles. The van der Waals surface area contributed by atoms with Crippen LogP contribution in [0.3, 0.4) is 0 Å². The quantitative estimate of drug-likeness (QED) is 0.677. The fourth-order valence-electron chi connectivity index (χ4n) is 1.13. The van der Waals surface area contributed by atoms with Crippen LogP contribution in [0.1, 0.15) is 5.56 Å². The molecule has 2 aromatic rings. The van der Waals surface area contributed by atoms with E-state index in [0.29, 0.717) is 6.54 Å². The highest BCUT2D eigenvalue weighted by Gasteiger charge is 1.94. The lowest BCUT2D eigenvalue weighted by Gasteiger charge is -1.98.